The zero-order valence-electron chi connectivity index (χ0n) is 23.5. The van der Waals surface area contributed by atoms with Gasteiger partial charge in [0.2, 0.25) is 0 Å². The van der Waals surface area contributed by atoms with Gasteiger partial charge in [-0.1, -0.05) is 61.8 Å². The predicted octanol–water partition coefficient (Wildman–Crippen LogP) is 6.07. The number of hydrogen-bond acceptors (Lipinski definition) is 4. The van der Waals surface area contributed by atoms with E-state index in [2.05, 4.69) is 30.5 Å². The number of nitrogens with zero attached hydrogens (tertiary/aromatic N) is 1. The third-order valence-electron chi connectivity index (χ3n) is 7.62. The number of methoxy groups -OCH3 is 1. The van der Waals surface area contributed by atoms with Gasteiger partial charge in [0.25, 0.3) is 0 Å². The predicted molar refractivity (Wildman–Crippen MR) is 157 cm³/mol. The number of ether oxygens (including phenoxy) is 1. The maximum Gasteiger partial charge on any atom is 0.317 e. The van der Waals surface area contributed by atoms with E-state index in [4.69, 9.17) is 16.3 Å². The highest BCUT2D eigenvalue weighted by Gasteiger charge is 2.42. The number of piperidine rings is 1. The minimum atomic E-state index is -1.08. The first-order valence-electron chi connectivity index (χ1n) is 14.0. The van der Waals surface area contributed by atoms with Crippen molar-refractivity contribution >= 4 is 17.6 Å². The van der Waals surface area contributed by atoms with E-state index >= 15 is 0 Å². The van der Waals surface area contributed by atoms with Crippen molar-refractivity contribution in [1.29, 1.82) is 0 Å². The first-order valence-corrected chi connectivity index (χ1v) is 14.4. The lowest BCUT2D eigenvalue weighted by atomic mass is 9.72. The van der Waals surface area contributed by atoms with Gasteiger partial charge in [-0.3, -0.25) is 0 Å². The maximum atomic E-state index is 13.4. The van der Waals surface area contributed by atoms with Gasteiger partial charge in [-0.15, -0.1) is 0 Å². The van der Waals surface area contributed by atoms with Crippen LogP contribution in [0.1, 0.15) is 57.9 Å². The van der Waals surface area contributed by atoms with Crippen LogP contribution < -0.4 is 10.6 Å². The largest absolute Gasteiger partial charge is 0.385 e. The summed E-state index contributed by atoms with van der Waals surface area (Å²) in [6.07, 6.45) is 4.97. The van der Waals surface area contributed by atoms with Crippen molar-refractivity contribution in [2.75, 3.05) is 40.4 Å². The fourth-order valence-corrected chi connectivity index (χ4v) is 5.89. The third-order valence-corrected chi connectivity index (χ3v) is 7.88. The van der Waals surface area contributed by atoms with Gasteiger partial charge in [0.15, 0.2) is 0 Å². The van der Waals surface area contributed by atoms with Crippen LogP contribution >= 0.6 is 11.6 Å². The highest BCUT2D eigenvalue weighted by molar-refractivity contribution is 6.30. The van der Waals surface area contributed by atoms with Crippen LogP contribution in [0.3, 0.4) is 0 Å². The summed E-state index contributed by atoms with van der Waals surface area (Å²) in [5.41, 5.74) is 1.87. The van der Waals surface area contributed by atoms with E-state index in [1.807, 2.05) is 54.4 Å². The molecule has 7 heteroatoms. The molecular weight excluding hydrogens is 498 g/mol. The summed E-state index contributed by atoms with van der Waals surface area (Å²) in [6, 6.07) is 15.9. The van der Waals surface area contributed by atoms with Crippen LogP contribution in [0.25, 0.3) is 11.1 Å². The zero-order chi connectivity index (χ0) is 27.5. The number of carbonyl (C=O) groups is 1. The molecule has 6 nitrogen and oxygen atoms in total. The molecule has 3 atom stereocenters. The molecule has 2 aromatic carbocycles. The second-order valence-corrected chi connectivity index (χ2v) is 11.5. The fourth-order valence-electron chi connectivity index (χ4n) is 5.77. The smallest absolute Gasteiger partial charge is 0.317 e. The van der Waals surface area contributed by atoms with Crippen LogP contribution in [0, 0.1) is 11.8 Å². The van der Waals surface area contributed by atoms with Crippen molar-refractivity contribution in [3.63, 3.8) is 0 Å². The molecule has 2 aromatic rings. The lowest BCUT2D eigenvalue weighted by Crippen LogP contribution is -2.54. The van der Waals surface area contributed by atoms with Crippen LogP contribution in [0.2, 0.25) is 5.02 Å². The van der Waals surface area contributed by atoms with E-state index in [1.54, 1.807) is 7.11 Å². The van der Waals surface area contributed by atoms with E-state index in [9.17, 15) is 9.90 Å². The molecule has 1 saturated heterocycles. The normalized spacial score (nSPS) is 18.3. The molecular formula is C31H46ClN3O3. The van der Waals surface area contributed by atoms with Crippen LogP contribution in [-0.4, -0.2) is 62.5 Å². The summed E-state index contributed by atoms with van der Waals surface area (Å²) in [5, 5.41) is 19.7. The molecule has 0 saturated carbocycles. The van der Waals surface area contributed by atoms with Crippen molar-refractivity contribution in [2.45, 2.75) is 64.0 Å². The molecule has 3 N–H and O–H groups in total. The van der Waals surface area contributed by atoms with E-state index in [-0.39, 0.29) is 18.0 Å². The monoisotopic (exact) mass is 543 g/mol. The van der Waals surface area contributed by atoms with Gasteiger partial charge in [-0.2, -0.15) is 0 Å². The first kappa shape index (κ1) is 30.4. The van der Waals surface area contributed by atoms with E-state index in [0.717, 1.165) is 55.3 Å². The molecule has 1 unspecified atom stereocenters. The van der Waals surface area contributed by atoms with Gasteiger partial charge in [-0.05, 0) is 80.3 Å². The summed E-state index contributed by atoms with van der Waals surface area (Å²) in [5.74, 6) is 0.412. The van der Waals surface area contributed by atoms with Gasteiger partial charge in [0.1, 0.15) is 0 Å². The summed E-state index contributed by atoms with van der Waals surface area (Å²) in [6.45, 7) is 6.97. The number of hydrogen-bond donors (Lipinski definition) is 3. The van der Waals surface area contributed by atoms with E-state index < -0.39 is 5.60 Å². The Labute approximate surface area is 234 Å². The Morgan fingerprint density at radius 2 is 1.92 bits per heavy atom. The van der Waals surface area contributed by atoms with Gasteiger partial charge < -0.3 is 25.4 Å². The summed E-state index contributed by atoms with van der Waals surface area (Å²) >= 11 is 6.17. The lowest BCUT2D eigenvalue weighted by molar-refractivity contribution is -0.0559. The molecule has 2 amide bonds. The number of urea groups is 1. The Morgan fingerprint density at radius 1 is 1.18 bits per heavy atom. The maximum absolute atomic E-state index is 13.4. The van der Waals surface area contributed by atoms with Crippen LogP contribution in [0.15, 0.2) is 48.5 Å². The number of rotatable bonds is 13. The SMILES string of the molecule is CNCC(CC(C)C)NC(=O)N1CCC[C@@H]([C@@](O)(CCCCOC)c2ccccc2-c2ccc(Cl)cc2)C1. The van der Waals surface area contributed by atoms with Crippen molar-refractivity contribution in [3.8, 4) is 11.1 Å². The van der Waals surface area contributed by atoms with E-state index in [0.29, 0.717) is 37.1 Å². The molecule has 210 valence electrons. The average molecular weight is 544 g/mol. The first-order chi connectivity index (χ1) is 18.3. The van der Waals surface area contributed by atoms with Crippen LogP contribution in [0.4, 0.5) is 4.79 Å². The molecule has 0 aliphatic carbocycles. The Bertz CT molecular complexity index is 1000. The van der Waals surface area contributed by atoms with Gasteiger partial charge >= 0.3 is 6.03 Å². The Hall–Kier alpha value is -2.12. The van der Waals surface area contributed by atoms with Crippen LogP contribution in [0.5, 0.6) is 0 Å². The fraction of sp³-hybridized carbons (Fsp3) is 0.581. The third kappa shape index (κ3) is 8.19. The molecule has 3 rings (SSSR count). The van der Waals surface area contributed by atoms with Crippen molar-refractivity contribution in [1.82, 2.24) is 15.5 Å². The second-order valence-electron chi connectivity index (χ2n) is 11.0. The molecule has 1 heterocycles. The van der Waals surface area contributed by atoms with Gasteiger partial charge in [0.05, 0.1) is 5.60 Å². The van der Waals surface area contributed by atoms with E-state index in [1.165, 1.54) is 0 Å². The van der Waals surface area contributed by atoms with Crippen molar-refractivity contribution in [3.05, 3.63) is 59.1 Å². The molecule has 38 heavy (non-hydrogen) atoms. The number of aliphatic hydroxyl groups is 1. The number of halogens is 1. The number of likely N-dealkylation sites (tertiary alicyclic amines) is 1. The molecule has 0 radical (unpaired) electrons. The topological polar surface area (TPSA) is 73.8 Å². The number of nitrogens with one attached hydrogen (secondary N) is 2. The van der Waals surface area contributed by atoms with Crippen molar-refractivity contribution in [2.24, 2.45) is 11.8 Å². The number of benzene rings is 2. The Morgan fingerprint density at radius 3 is 2.61 bits per heavy atom. The second kappa shape index (κ2) is 14.9. The highest BCUT2D eigenvalue weighted by atomic mass is 35.5. The molecule has 0 bridgehead atoms. The highest BCUT2D eigenvalue weighted by Crippen LogP contribution is 2.43. The molecule has 1 aliphatic rings. The number of likely N-dealkylation sites (N-methyl/N-ethyl adjacent to an activating group) is 1. The molecule has 1 fully saturated rings. The minimum absolute atomic E-state index is 0.0386. The summed E-state index contributed by atoms with van der Waals surface area (Å²) in [7, 11) is 3.62. The quantitative estimate of drug-likeness (QED) is 0.268. The average Bonchev–Trinajstić information content (AvgIpc) is 2.91. The molecule has 0 spiro atoms. The number of amides is 2. The molecule has 0 aromatic heterocycles. The Kier molecular flexibility index (Phi) is 11.9. The summed E-state index contributed by atoms with van der Waals surface area (Å²) < 4.78 is 5.28. The zero-order valence-corrected chi connectivity index (χ0v) is 24.3. The number of unbranched alkanes of at least 4 members (excludes halogenated alkanes) is 1. The summed E-state index contributed by atoms with van der Waals surface area (Å²) in [4.78, 5) is 15.3. The lowest BCUT2D eigenvalue weighted by Gasteiger charge is -2.44. The van der Waals surface area contributed by atoms with Crippen LogP contribution in [-0.2, 0) is 10.3 Å². The van der Waals surface area contributed by atoms with Crippen molar-refractivity contribution < 1.29 is 14.6 Å². The van der Waals surface area contributed by atoms with Gasteiger partial charge in [-0.25, -0.2) is 4.79 Å². The number of carbonyl (C=O) groups excluding carboxylic acids is 1. The minimum Gasteiger partial charge on any atom is -0.385 e. The standard InChI is InChI=1S/C31H46ClN3O3/c1-23(2)20-27(21-33-3)34-30(36)35-18-9-10-25(22-35)31(37,17-7-8-19-38-4)29-12-6-5-11-28(29)24-13-15-26(32)16-14-24/h5-6,11-16,23,25,27,33,37H,7-10,17-22H2,1-4H3,(H,34,36)/t25-,27?,31+/m1/s1. The Balaban J connectivity index is 1.89. The molecule has 1 aliphatic heterocycles. The van der Waals surface area contributed by atoms with Gasteiger partial charge in [0, 0.05) is 50.3 Å².